The lowest BCUT2D eigenvalue weighted by atomic mass is 9.99. The zero-order valence-electron chi connectivity index (χ0n) is 18.1. The third kappa shape index (κ3) is 5.53. The highest BCUT2D eigenvalue weighted by atomic mass is 16.5. The van der Waals surface area contributed by atoms with Crippen molar-refractivity contribution in [2.45, 2.75) is 26.0 Å². The van der Waals surface area contributed by atoms with Gasteiger partial charge >= 0.3 is 6.03 Å². The zero-order valence-corrected chi connectivity index (χ0v) is 18.1. The lowest BCUT2D eigenvalue weighted by molar-refractivity contribution is 0.0416. The number of likely N-dealkylation sites (N-methyl/N-ethyl adjacent to an activating group) is 1. The first-order valence-electron chi connectivity index (χ1n) is 10.4. The van der Waals surface area contributed by atoms with Crippen LogP contribution in [0.5, 0.6) is 5.75 Å². The van der Waals surface area contributed by atoms with Gasteiger partial charge in [-0.1, -0.05) is 25.1 Å². The van der Waals surface area contributed by atoms with Crippen LogP contribution < -0.4 is 20.7 Å². The topological polar surface area (TPSA) is 103 Å². The average molecular weight is 427 g/mol. The molecule has 1 aliphatic rings. The van der Waals surface area contributed by atoms with Crippen molar-refractivity contribution in [2.24, 2.45) is 5.92 Å². The SMILES string of the molecule is CNC[C@H]1Oc2ccc(NC(=O)Nc3ccccc3)cc2C(=O)N([C@H](C)CO)C[C@@H]1C. The van der Waals surface area contributed by atoms with Crippen molar-refractivity contribution < 1.29 is 19.4 Å². The Kier molecular flexibility index (Phi) is 7.49. The van der Waals surface area contributed by atoms with Crippen molar-refractivity contribution >= 4 is 23.3 Å². The summed E-state index contributed by atoms with van der Waals surface area (Å²) in [5, 5.41) is 18.3. The van der Waals surface area contributed by atoms with Gasteiger partial charge in [0.25, 0.3) is 5.91 Å². The predicted molar refractivity (Wildman–Crippen MR) is 121 cm³/mol. The summed E-state index contributed by atoms with van der Waals surface area (Å²) >= 11 is 0. The van der Waals surface area contributed by atoms with Crippen LogP contribution in [0, 0.1) is 5.92 Å². The molecule has 2 aromatic rings. The number of carbonyl (C=O) groups excluding carboxylic acids is 2. The molecule has 0 saturated heterocycles. The smallest absolute Gasteiger partial charge is 0.323 e. The quantitative estimate of drug-likeness (QED) is 0.569. The van der Waals surface area contributed by atoms with Gasteiger partial charge in [0.15, 0.2) is 0 Å². The minimum Gasteiger partial charge on any atom is -0.488 e. The van der Waals surface area contributed by atoms with E-state index in [-0.39, 0.29) is 30.6 Å². The van der Waals surface area contributed by atoms with E-state index >= 15 is 0 Å². The van der Waals surface area contributed by atoms with Crippen molar-refractivity contribution in [1.82, 2.24) is 10.2 Å². The number of fused-ring (bicyclic) bond motifs is 1. The zero-order chi connectivity index (χ0) is 22.4. The van der Waals surface area contributed by atoms with Gasteiger partial charge in [-0.2, -0.15) is 0 Å². The lowest BCUT2D eigenvalue weighted by Gasteiger charge is -2.37. The number of hydrogen-bond donors (Lipinski definition) is 4. The van der Waals surface area contributed by atoms with Crippen LogP contribution >= 0.6 is 0 Å². The van der Waals surface area contributed by atoms with E-state index in [1.807, 2.05) is 39.1 Å². The predicted octanol–water partition coefficient (Wildman–Crippen LogP) is 2.77. The molecule has 31 heavy (non-hydrogen) atoms. The van der Waals surface area contributed by atoms with Crippen molar-refractivity contribution in [3.05, 3.63) is 54.1 Å². The average Bonchev–Trinajstić information content (AvgIpc) is 2.76. The molecule has 0 radical (unpaired) electrons. The van der Waals surface area contributed by atoms with Crippen LogP contribution in [0.2, 0.25) is 0 Å². The number of nitrogens with one attached hydrogen (secondary N) is 3. The van der Waals surface area contributed by atoms with Crippen LogP contribution in [-0.2, 0) is 0 Å². The summed E-state index contributed by atoms with van der Waals surface area (Å²) in [5.74, 6) is 0.285. The number of para-hydroxylation sites is 1. The Labute approximate surface area is 182 Å². The molecule has 3 rings (SSSR count). The van der Waals surface area contributed by atoms with E-state index in [4.69, 9.17) is 4.74 Å². The minimum absolute atomic E-state index is 0.0630. The molecule has 4 N–H and O–H groups in total. The van der Waals surface area contributed by atoms with E-state index in [1.54, 1.807) is 35.2 Å². The first kappa shape index (κ1) is 22.6. The highest BCUT2D eigenvalue weighted by Crippen LogP contribution is 2.30. The fraction of sp³-hybridized carbons (Fsp3) is 0.391. The van der Waals surface area contributed by atoms with Crippen molar-refractivity contribution in [3.8, 4) is 5.75 Å². The van der Waals surface area contributed by atoms with Gasteiger partial charge in [-0.3, -0.25) is 4.79 Å². The van der Waals surface area contributed by atoms with Gasteiger partial charge < -0.3 is 30.7 Å². The molecule has 0 fully saturated rings. The number of hydrogen-bond acceptors (Lipinski definition) is 5. The molecule has 3 atom stereocenters. The van der Waals surface area contributed by atoms with Crippen LogP contribution in [0.4, 0.5) is 16.2 Å². The van der Waals surface area contributed by atoms with E-state index in [0.717, 1.165) is 0 Å². The summed E-state index contributed by atoms with van der Waals surface area (Å²) in [6.07, 6.45) is -0.148. The molecule has 0 aliphatic carbocycles. The molecule has 8 nitrogen and oxygen atoms in total. The van der Waals surface area contributed by atoms with Crippen molar-refractivity contribution in [1.29, 1.82) is 0 Å². The molecule has 2 aromatic carbocycles. The van der Waals surface area contributed by atoms with Crippen LogP contribution in [-0.4, -0.2) is 60.8 Å². The number of amides is 3. The first-order chi connectivity index (χ1) is 14.9. The second-order valence-corrected chi connectivity index (χ2v) is 7.84. The van der Waals surface area contributed by atoms with E-state index in [1.165, 1.54) is 0 Å². The van der Waals surface area contributed by atoms with E-state index in [2.05, 4.69) is 16.0 Å². The Balaban J connectivity index is 1.87. The summed E-state index contributed by atoms with van der Waals surface area (Å²) in [6.45, 7) is 4.79. The number of rotatable bonds is 6. The number of anilines is 2. The summed E-state index contributed by atoms with van der Waals surface area (Å²) in [4.78, 5) is 27.4. The fourth-order valence-electron chi connectivity index (χ4n) is 3.56. The van der Waals surface area contributed by atoms with E-state index in [9.17, 15) is 14.7 Å². The third-order valence-corrected chi connectivity index (χ3v) is 5.36. The normalized spacial score (nSPS) is 19.5. The first-order valence-corrected chi connectivity index (χ1v) is 10.4. The number of urea groups is 1. The van der Waals surface area contributed by atoms with Gasteiger partial charge in [-0.05, 0) is 44.3 Å². The van der Waals surface area contributed by atoms with Crippen LogP contribution in [0.15, 0.2) is 48.5 Å². The third-order valence-electron chi connectivity index (χ3n) is 5.36. The highest BCUT2D eigenvalue weighted by molar-refractivity contribution is 6.02. The van der Waals surface area contributed by atoms with Crippen LogP contribution in [0.25, 0.3) is 0 Å². The molecule has 0 unspecified atom stereocenters. The summed E-state index contributed by atoms with van der Waals surface area (Å²) in [5.41, 5.74) is 1.49. The standard InChI is InChI=1S/C23H30N4O4/c1-15-13-27(16(2)14-28)22(29)19-11-18(9-10-20(19)31-21(15)12-24-3)26-23(30)25-17-7-5-4-6-8-17/h4-11,15-16,21,24,28H,12-14H2,1-3H3,(H2,25,26,30)/t15-,16+,21+/m0/s1. The summed E-state index contributed by atoms with van der Waals surface area (Å²) in [6, 6.07) is 13.4. The molecule has 0 aromatic heterocycles. The Hall–Kier alpha value is -3.10. The fourth-order valence-corrected chi connectivity index (χ4v) is 3.56. The number of ether oxygens (including phenoxy) is 1. The second-order valence-electron chi connectivity index (χ2n) is 7.84. The van der Waals surface area contributed by atoms with E-state index in [0.29, 0.717) is 35.8 Å². The minimum atomic E-state index is -0.410. The maximum Gasteiger partial charge on any atom is 0.323 e. The Morgan fingerprint density at radius 3 is 2.58 bits per heavy atom. The number of carbonyl (C=O) groups is 2. The second kappa shape index (κ2) is 10.3. The van der Waals surface area contributed by atoms with Gasteiger partial charge in [0.2, 0.25) is 0 Å². The van der Waals surface area contributed by atoms with Gasteiger partial charge in [0.1, 0.15) is 11.9 Å². The van der Waals surface area contributed by atoms with E-state index < -0.39 is 6.03 Å². The molecular weight excluding hydrogens is 396 g/mol. The molecule has 8 heteroatoms. The molecule has 3 amide bonds. The summed E-state index contributed by atoms with van der Waals surface area (Å²) < 4.78 is 6.18. The maximum atomic E-state index is 13.3. The molecule has 0 saturated carbocycles. The monoisotopic (exact) mass is 426 g/mol. The Morgan fingerprint density at radius 2 is 1.90 bits per heavy atom. The number of benzene rings is 2. The Morgan fingerprint density at radius 1 is 1.19 bits per heavy atom. The number of aliphatic hydroxyl groups is 1. The van der Waals surface area contributed by atoms with Crippen LogP contribution in [0.3, 0.4) is 0 Å². The van der Waals surface area contributed by atoms with Crippen LogP contribution in [0.1, 0.15) is 24.2 Å². The number of nitrogens with zero attached hydrogens (tertiary/aromatic N) is 1. The highest BCUT2D eigenvalue weighted by Gasteiger charge is 2.32. The van der Waals surface area contributed by atoms with Gasteiger partial charge in [0, 0.05) is 30.4 Å². The largest absolute Gasteiger partial charge is 0.488 e. The lowest BCUT2D eigenvalue weighted by Crippen LogP contribution is -2.49. The van der Waals surface area contributed by atoms with Gasteiger partial charge in [0.05, 0.1) is 18.2 Å². The number of aliphatic hydroxyl groups excluding tert-OH is 1. The molecule has 0 bridgehead atoms. The molecular formula is C23H30N4O4. The Bertz CT molecular complexity index is 906. The summed E-state index contributed by atoms with van der Waals surface area (Å²) in [7, 11) is 1.85. The molecule has 1 heterocycles. The van der Waals surface area contributed by atoms with Gasteiger partial charge in [-0.15, -0.1) is 0 Å². The van der Waals surface area contributed by atoms with Gasteiger partial charge in [-0.25, -0.2) is 4.79 Å². The van der Waals surface area contributed by atoms with Crippen molar-refractivity contribution in [2.75, 3.05) is 37.4 Å². The maximum absolute atomic E-state index is 13.3. The molecule has 166 valence electrons. The molecule has 1 aliphatic heterocycles. The van der Waals surface area contributed by atoms with Crippen molar-refractivity contribution in [3.63, 3.8) is 0 Å². The molecule has 0 spiro atoms.